The molecule has 10 heteroatoms. The third kappa shape index (κ3) is 4.12. The molecule has 0 saturated carbocycles. The lowest BCUT2D eigenvalue weighted by atomic mass is 9.95. The molecule has 4 aliphatic heterocycles. The van der Waals surface area contributed by atoms with Crippen LogP contribution in [0.15, 0.2) is 55.4 Å². The molecular weight excluding hydrogens is 567 g/mol. The van der Waals surface area contributed by atoms with Gasteiger partial charge in [0.2, 0.25) is 5.91 Å². The lowest BCUT2D eigenvalue weighted by molar-refractivity contribution is -0.127. The van der Waals surface area contributed by atoms with Crippen molar-refractivity contribution in [3.05, 3.63) is 66.2 Å². The minimum Gasteiger partial charge on any atom is -0.461 e. The molecule has 0 N–H and O–H groups in total. The van der Waals surface area contributed by atoms with Gasteiger partial charge in [0.25, 0.3) is 0 Å². The molecular formula is C33H32ClFN6O2. The van der Waals surface area contributed by atoms with Crippen LogP contribution in [0.2, 0.25) is 5.02 Å². The minimum atomic E-state index is -0.464. The van der Waals surface area contributed by atoms with Crippen molar-refractivity contribution >= 4 is 45.0 Å². The number of hydrogen-bond donors (Lipinski definition) is 0. The molecule has 43 heavy (non-hydrogen) atoms. The highest BCUT2D eigenvalue weighted by Gasteiger charge is 2.49. The van der Waals surface area contributed by atoms with Gasteiger partial charge in [-0.15, -0.1) is 0 Å². The molecule has 2 aromatic heterocycles. The summed E-state index contributed by atoms with van der Waals surface area (Å²) in [6.07, 6.45) is 10.0. The molecule has 4 saturated heterocycles. The second kappa shape index (κ2) is 10.1. The standard InChI is InChI=1S/C33H32ClFN6O2/c1-2-27(42)40-15-10-25-26(40)18-41(25)31-22-9-8-21(23-17-36-16-20-6-3-7-24(34)28(20)23)29(35)30(22)37-32(38-31)43-19-33-11-4-13-39(33)14-5-12-33/h2-3,6-9,16-17,25-26H,1,4-5,10-15,18-19H2/t25-,26-/m1/s1. The third-order valence-corrected chi connectivity index (χ3v) is 10.4. The number of carbonyl (C=O) groups is 1. The molecule has 4 fully saturated rings. The monoisotopic (exact) mass is 598 g/mol. The van der Waals surface area contributed by atoms with Gasteiger partial charge in [-0.3, -0.25) is 14.7 Å². The van der Waals surface area contributed by atoms with Crippen molar-refractivity contribution in [2.45, 2.75) is 49.7 Å². The minimum absolute atomic E-state index is 0.00308. The maximum absolute atomic E-state index is 16.7. The van der Waals surface area contributed by atoms with E-state index in [0.717, 1.165) is 56.0 Å². The number of halogens is 2. The van der Waals surface area contributed by atoms with Gasteiger partial charge in [-0.25, -0.2) is 4.39 Å². The van der Waals surface area contributed by atoms with E-state index in [1.54, 1.807) is 24.5 Å². The Bertz CT molecular complexity index is 1780. The molecule has 0 bridgehead atoms. The zero-order chi connectivity index (χ0) is 29.3. The number of hydrogen-bond acceptors (Lipinski definition) is 7. The number of anilines is 1. The van der Waals surface area contributed by atoms with Gasteiger partial charge in [-0.05, 0) is 63.4 Å². The molecule has 0 unspecified atom stereocenters. The predicted molar refractivity (Wildman–Crippen MR) is 165 cm³/mol. The van der Waals surface area contributed by atoms with E-state index >= 15 is 4.39 Å². The molecule has 0 radical (unpaired) electrons. The van der Waals surface area contributed by atoms with Crippen LogP contribution in [0.4, 0.5) is 10.2 Å². The predicted octanol–water partition coefficient (Wildman–Crippen LogP) is 5.62. The Balaban J connectivity index is 1.23. The first kappa shape index (κ1) is 26.8. The van der Waals surface area contributed by atoms with E-state index in [-0.39, 0.29) is 35.1 Å². The average Bonchev–Trinajstić information content (AvgIpc) is 3.69. The number of amides is 1. The van der Waals surface area contributed by atoms with Crippen molar-refractivity contribution in [1.29, 1.82) is 0 Å². The Labute approximate surface area is 254 Å². The van der Waals surface area contributed by atoms with Gasteiger partial charge in [-0.1, -0.05) is 36.4 Å². The maximum atomic E-state index is 16.7. The van der Waals surface area contributed by atoms with Crippen molar-refractivity contribution in [2.24, 2.45) is 0 Å². The van der Waals surface area contributed by atoms with Gasteiger partial charge in [0.05, 0.1) is 17.6 Å². The third-order valence-electron chi connectivity index (χ3n) is 10.1. The fraction of sp³-hybridized carbons (Fsp3) is 0.394. The first-order valence-electron chi connectivity index (χ1n) is 15.1. The highest BCUT2D eigenvalue weighted by Crippen LogP contribution is 2.43. The van der Waals surface area contributed by atoms with Gasteiger partial charge >= 0.3 is 6.01 Å². The Morgan fingerprint density at radius 2 is 1.93 bits per heavy atom. The average molecular weight is 599 g/mol. The lowest BCUT2D eigenvalue weighted by Crippen LogP contribution is -2.63. The molecule has 6 heterocycles. The van der Waals surface area contributed by atoms with Crippen molar-refractivity contribution < 1.29 is 13.9 Å². The van der Waals surface area contributed by atoms with Crippen LogP contribution in [0.3, 0.4) is 0 Å². The van der Waals surface area contributed by atoms with Crippen molar-refractivity contribution in [1.82, 2.24) is 24.8 Å². The van der Waals surface area contributed by atoms with Crippen molar-refractivity contribution in [3.8, 4) is 17.1 Å². The highest BCUT2D eigenvalue weighted by atomic mass is 35.5. The second-order valence-corrected chi connectivity index (χ2v) is 12.6. The lowest BCUT2D eigenvalue weighted by Gasteiger charge is -2.47. The van der Waals surface area contributed by atoms with E-state index < -0.39 is 5.82 Å². The van der Waals surface area contributed by atoms with Crippen LogP contribution in [-0.4, -0.2) is 81.1 Å². The SMILES string of the molecule is C=CC(=O)N1CC[C@@H]2[C@H]1CN2c1nc(OCC23CCCN2CCC3)nc2c(F)c(-c3cncc4cccc(Cl)c34)ccc12. The van der Waals surface area contributed by atoms with E-state index in [1.807, 2.05) is 23.1 Å². The summed E-state index contributed by atoms with van der Waals surface area (Å²) in [6, 6.07) is 9.58. The molecule has 8 nitrogen and oxygen atoms in total. The van der Waals surface area contributed by atoms with Gasteiger partial charge in [0, 0.05) is 57.8 Å². The first-order chi connectivity index (χ1) is 21.0. The molecule has 8 rings (SSSR count). The van der Waals surface area contributed by atoms with E-state index in [4.69, 9.17) is 26.3 Å². The molecule has 1 amide bonds. The summed E-state index contributed by atoms with van der Waals surface area (Å²) in [7, 11) is 0. The van der Waals surface area contributed by atoms with Crippen molar-refractivity contribution in [2.75, 3.05) is 37.7 Å². The molecule has 2 aromatic carbocycles. The summed E-state index contributed by atoms with van der Waals surface area (Å²) >= 11 is 6.60. The number of carbonyl (C=O) groups excluding carboxylic acids is 1. The summed E-state index contributed by atoms with van der Waals surface area (Å²) in [4.78, 5) is 33.0. The quantitative estimate of drug-likeness (QED) is 0.267. The fourth-order valence-corrected chi connectivity index (χ4v) is 8.21. The number of likely N-dealkylation sites (tertiary alicyclic amines) is 1. The number of aromatic nitrogens is 3. The second-order valence-electron chi connectivity index (χ2n) is 12.2. The van der Waals surface area contributed by atoms with Gasteiger partial charge in [-0.2, -0.15) is 9.97 Å². The van der Waals surface area contributed by atoms with Crippen molar-refractivity contribution in [3.63, 3.8) is 0 Å². The number of benzene rings is 2. The van der Waals surface area contributed by atoms with E-state index in [9.17, 15) is 4.79 Å². The highest BCUT2D eigenvalue weighted by molar-refractivity contribution is 6.36. The van der Waals surface area contributed by atoms with Crippen LogP contribution < -0.4 is 9.64 Å². The number of rotatable bonds is 6. The van der Waals surface area contributed by atoms with Gasteiger partial charge in [0.1, 0.15) is 17.9 Å². The number of ether oxygens (including phenoxy) is 1. The van der Waals surface area contributed by atoms with E-state index in [1.165, 1.54) is 6.08 Å². The molecule has 4 aliphatic rings. The van der Waals surface area contributed by atoms with Crippen LogP contribution in [0, 0.1) is 5.82 Å². The van der Waals surface area contributed by atoms with Crippen LogP contribution in [0.5, 0.6) is 6.01 Å². The Morgan fingerprint density at radius 3 is 2.74 bits per heavy atom. The van der Waals surface area contributed by atoms with Crippen LogP contribution in [0.1, 0.15) is 32.1 Å². The molecule has 0 spiro atoms. The number of fused-ring (bicyclic) bond motifs is 4. The smallest absolute Gasteiger partial charge is 0.319 e. The summed E-state index contributed by atoms with van der Waals surface area (Å²) in [5, 5.41) is 2.72. The molecule has 4 aromatic rings. The van der Waals surface area contributed by atoms with Gasteiger partial charge in [0.15, 0.2) is 5.82 Å². The summed E-state index contributed by atoms with van der Waals surface area (Å²) in [6.45, 7) is 7.59. The molecule has 220 valence electrons. The summed E-state index contributed by atoms with van der Waals surface area (Å²) in [5.41, 5.74) is 1.18. The maximum Gasteiger partial charge on any atom is 0.319 e. The topological polar surface area (TPSA) is 74.7 Å². The largest absolute Gasteiger partial charge is 0.461 e. The number of nitrogens with zero attached hydrogens (tertiary/aromatic N) is 6. The van der Waals surface area contributed by atoms with Crippen LogP contribution >= 0.6 is 11.6 Å². The summed E-state index contributed by atoms with van der Waals surface area (Å²) < 4.78 is 23.1. The van der Waals surface area contributed by atoms with Crippen LogP contribution in [0.25, 0.3) is 32.8 Å². The Kier molecular flexibility index (Phi) is 6.31. The fourth-order valence-electron chi connectivity index (χ4n) is 7.92. The van der Waals surface area contributed by atoms with E-state index in [2.05, 4.69) is 21.4 Å². The van der Waals surface area contributed by atoms with Crippen LogP contribution in [-0.2, 0) is 4.79 Å². The van der Waals surface area contributed by atoms with E-state index in [0.29, 0.717) is 47.1 Å². The molecule has 2 atom stereocenters. The van der Waals surface area contributed by atoms with Gasteiger partial charge < -0.3 is 14.5 Å². The Hall–Kier alpha value is -3.82. The zero-order valence-electron chi connectivity index (χ0n) is 23.8. The normalized spacial score (nSPS) is 22.6. The summed E-state index contributed by atoms with van der Waals surface area (Å²) in [5.74, 6) is 0.119. The Morgan fingerprint density at radius 1 is 1.09 bits per heavy atom. The first-order valence-corrected chi connectivity index (χ1v) is 15.5. The number of pyridine rings is 1. The molecule has 0 aliphatic carbocycles. The zero-order valence-corrected chi connectivity index (χ0v) is 24.6.